The first-order chi connectivity index (χ1) is 16.7. The number of nitrogens with one attached hydrogen (secondary N) is 1. The fourth-order valence-corrected chi connectivity index (χ4v) is 5.53. The first-order valence-electron chi connectivity index (χ1n) is 10.6. The number of methoxy groups -OCH3 is 1. The Balaban J connectivity index is 1.56. The molecule has 0 spiro atoms. The summed E-state index contributed by atoms with van der Waals surface area (Å²) in [5.74, 6) is -0.659. The summed E-state index contributed by atoms with van der Waals surface area (Å²) < 4.78 is 33.3. The number of carbonyl (C=O) groups excluding carboxylic acids is 1. The molecule has 1 N–H and O–H groups in total. The summed E-state index contributed by atoms with van der Waals surface area (Å²) in [6.07, 6.45) is 3.36. The molecule has 0 aliphatic carbocycles. The predicted octanol–water partition coefficient (Wildman–Crippen LogP) is 6.37. The molecule has 0 saturated heterocycles. The number of benzene rings is 4. The summed E-state index contributed by atoms with van der Waals surface area (Å²) in [5, 5.41) is 2.81. The fourth-order valence-electron chi connectivity index (χ4n) is 3.70. The molecule has 0 aliphatic rings. The summed E-state index contributed by atoms with van der Waals surface area (Å²) in [6, 6.07) is 24.4. The van der Waals surface area contributed by atoms with Crippen molar-refractivity contribution in [3.63, 3.8) is 0 Å². The van der Waals surface area contributed by atoms with E-state index in [2.05, 4.69) is 51.0 Å². The molecule has 5 nitrogen and oxygen atoms in total. The van der Waals surface area contributed by atoms with Gasteiger partial charge in [0.15, 0.2) is 0 Å². The van der Waals surface area contributed by atoms with E-state index in [0.717, 1.165) is 27.5 Å². The van der Waals surface area contributed by atoms with E-state index in [4.69, 9.17) is 16.3 Å². The predicted molar refractivity (Wildman–Crippen MR) is 143 cm³/mol. The third kappa shape index (κ3) is 6.11. The van der Waals surface area contributed by atoms with Gasteiger partial charge in [0.2, 0.25) is 0 Å². The lowest BCUT2D eigenvalue weighted by Crippen LogP contribution is -2.29. The Morgan fingerprint density at radius 2 is 1.77 bits per heavy atom. The van der Waals surface area contributed by atoms with Gasteiger partial charge in [-0.3, -0.25) is 4.79 Å². The largest absolute Gasteiger partial charge is 0.495 e. The van der Waals surface area contributed by atoms with Crippen molar-refractivity contribution in [2.24, 2.45) is 0 Å². The SMILES string of the molecule is COc1ccc(Br)cc1S(=O)(=O)NC(=O)C=Cc1cc(Cl)ccc1Cc1ccc2ccccc2c1. The minimum atomic E-state index is -4.15. The lowest BCUT2D eigenvalue weighted by atomic mass is 9.97. The zero-order chi connectivity index (χ0) is 25.0. The molecule has 0 bridgehead atoms. The van der Waals surface area contributed by atoms with E-state index in [9.17, 15) is 13.2 Å². The second-order valence-electron chi connectivity index (χ2n) is 7.80. The van der Waals surface area contributed by atoms with Crippen LogP contribution in [0.5, 0.6) is 5.75 Å². The summed E-state index contributed by atoms with van der Waals surface area (Å²) in [6.45, 7) is 0. The minimum Gasteiger partial charge on any atom is -0.495 e. The Bertz CT molecular complexity index is 1550. The Hall–Kier alpha value is -3.13. The van der Waals surface area contributed by atoms with Crippen molar-refractivity contribution in [3.05, 3.63) is 111 Å². The van der Waals surface area contributed by atoms with Crippen molar-refractivity contribution in [1.29, 1.82) is 0 Å². The molecule has 4 aromatic rings. The lowest BCUT2D eigenvalue weighted by Gasteiger charge is -2.10. The zero-order valence-electron chi connectivity index (χ0n) is 18.7. The van der Waals surface area contributed by atoms with Crippen molar-refractivity contribution in [1.82, 2.24) is 4.72 Å². The number of rotatable bonds is 7. The smallest absolute Gasteiger partial charge is 0.268 e. The molecule has 4 aromatic carbocycles. The van der Waals surface area contributed by atoms with Crippen molar-refractivity contribution >= 4 is 60.3 Å². The topological polar surface area (TPSA) is 72.5 Å². The molecule has 8 heteroatoms. The first kappa shape index (κ1) is 25.0. The summed E-state index contributed by atoms with van der Waals surface area (Å²) in [4.78, 5) is 12.4. The maximum atomic E-state index is 12.8. The monoisotopic (exact) mass is 569 g/mol. The van der Waals surface area contributed by atoms with Gasteiger partial charge in [-0.15, -0.1) is 0 Å². The van der Waals surface area contributed by atoms with E-state index >= 15 is 0 Å². The van der Waals surface area contributed by atoms with Crippen LogP contribution in [0.15, 0.2) is 94.3 Å². The summed E-state index contributed by atoms with van der Waals surface area (Å²) >= 11 is 9.44. The summed E-state index contributed by atoms with van der Waals surface area (Å²) in [7, 11) is -2.79. The van der Waals surface area contributed by atoms with Crippen LogP contribution in [0, 0.1) is 0 Å². The highest BCUT2D eigenvalue weighted by Crippen LogP contribution is 2.27. The van der Waals surface area contributed by atoms with E-state index in [0.29, 0.717) is 15.9 Å². The average Bonchev–Trinajstić information content (AvgIpc) is 2.84. The molecule has 0 radical (unpaired) electrons. The van der Waals surface area contributed by atoms with Crippen LogP contribution in [0.1, 0.15) is 16.7 Å². The number of hydrogen-bond acceptors (Lipinski definition) is 4. The van der Waals surface area contributed by atoms with Crippen LogP contribution in [0.3, 0.4) is 0 Å². The maximum Gasteiger partial charge on any atom is 0.268 e. The van der Waals surface area contributed by atoms with Gasteiger partial charge in [-0.25, -0.2) is 13.1 Å². The average molecular weight is 571 g/mol. The normalized spacial score (nSPS) is 11.6. The molecule has 0 atom stereocenters. The van der Waals surface area contributed by atoms with E-state index in [1.807, 2.05) is 18.2 Å². The Labute approximate surface area is 217 Å². The molecule has 1 amide bonds. The van der Waals surface area contributed by atoms with Gasteiger partial charge >= 0.3 is 0 Å². The van der Waals surface area contributed by atoms with Gasteiger partial charge in [0.1, 0.15) is 10.6 Å². The van der Waals surface area contributed by atoms with E-state index in [-0.39, 0.29) is 10.6 Å². The highest BCUT2D eigenvalue weighted by atomic mass is 79.9. The summed E-state index contributed by atoms with van der Waals surface area (Å²) in [5.41, 5.74) is 2.78. The highest BCUT2D eigenvalue weighted by Gasteiger charge is 2.21. The molecule has 35 heavy (non-hydrogen) atoms. The van der Waals surface area contributed by atoms with Gasteiger partial charge in [0.05, 0.1) is 7.11 Å². The van der Waals surface area contributed by atoms with Crippen LogP contribution < -0.4 is 9.46 Å². The van der Waals surface area contributed by atoms with Crippen molar-refractivity contribution in [2.75, 3.05) is 7.11 Å². The van der Waals surface area contributed by atoms with Gasteiger partial charge in [-0.2, -0.15) is 0 Å². The van der Waals surface area contributed by atoms with Gasteiger partial charge in [-0.05, 0) is 70.3 Å². The molecule has 178 valence electrons. The van der Waals surface area contributed by atoms with Crippen LogP contribution in [-0.4, -0.2) is 21.4 Å². The third-order valence-corrected chi connectivity index (χ3v) is 7.48. The quantitative estimate of drug-likeness (QED) is 0.262. The van der Waals surface area contributed by atoms with Gasteiger partial charge in [-0.1, -0.05) is 76.1 Å². The zero-order valence-corrected chi connectivity index (χ0v) is 21.8. The Morgan fingerprint density at radius 3 is 2.54 bits per heavy atom. The van der Waals surface area contributed by atoms with Crippen molar-refractivity contribution in [3.8, 4) is 5.75 Å². The number of amides is 1. The minimum absolute atomic E-state index is 0.130. The number of carbonyl (C=O) groups is 1. The second kappa shape index (κ2) is 10.6. The van der Waals surface area contributed by atoms with Crippen molar-refractivity contribution < 1.29 is 17.9 Å². The van der Waals surface area contributed by atoms with Crippen LogP contribution in [0.2, 0.25) is 5.02 Å². The van der Waals surface area contributed by atoms with Crippen LogP contribution in [-0.2, 0) is 21.2 Å². The number of hydrogen-bond donors (Lipinski definition) is 1. The molecule has 4 rings (SSSR count). The number of halogens is 2. The molecule has 0 unspecified atom stereocenters. The van der Waals surface area contributed by atoms with E-state index in [1.165, 1.54) is 25.3 Å². The lowest BCUT2D eigenvalue weighted by molar-refractivity contribution is -0.114. The molecule has 0 heterocycles. The van der Waals surface area contributed by atoms with E-state index < -0.39 is 15.9 Å². The molecule has 0 aliphatic heterocycles. The molecular formula is C27H21BrClNO4S. The standard InChI is InChI=1S/C27H21BrClNO4S/c1-34-25-12-10-23(28)17-26(25)35(32,33)30-27(31)13-9-22-16-24(29)11-8-21(22)15-18-6-7-19-4-2-3-5-20(19)14-18/h2-14,16-17H,15H2,1H3,(H,30,31). The van der Waals surface area contributed by atoms with E-state index in [1.54, 1.807) is 24.3 Å². The fraction of sp³-hybridized carbons (Fsp3) is 0.0741. The Morgan fingerprint density at radius 1 is 1.00 bits per heavy atom. The maximum absolute atomic E-state index is 12.8. The van der Waals surface area contributed by atoms with Crippen LogP contribution in [0.4, 0.5) is 0 Å². The van der Waals surface area contributed by atoms with Gasteiger partial charge in [0.25, 0.3) is 15.9 Å². The van der Waals surface area contributed by atoms with Crippen LogP contribution in [0.25, 0.3) is 16.8 Å². The van der Waals surface area contributed by atoms with Crippen molar-refractivity contribution in [2.45, 2.75) is 11.3 Å². The van der Waals surface area contributed by atoms with Gasteiger partial charge in [0, 0.05) is 15.6 Å². The second-order valence-corrected chi connectivity index (χ2v) is 10.8. The van der Waals surface area contributed by atoms with Crippen LogP contribution >= 0.6 is 27.5 Å². The number of fused-ring (bicyclic) bond motifs is 1. The Kier molecular flexibility index (Phi) is 7.60. The molecule has 0 aromatic heterocycles. The first-order valence-corrected chi connectivity index (χ1v) is 13.2. The molecular weight excluding hydrogens is 550 g/mol. The highest BCUT2D eigenvalue weighted by molar-refractivity contribution is 9.10. The number of ether oxygens (including phenoxy) is 1. The number of sulfonamides is 1. The third-order valence-electron chi connectivity index (χ3n) is 5.38. The molecule has 0 saturated carbocycles. The molecule has 0 fully saturated rings. The van der Waals surface area contributed by atoms with Gasteiger partial charge < -0.3 is 4.74 Å².